The summed E-state index contributed by atoms with van der Waals surface area (Å²) in [6.07, 6.45) is 6.83. The molecule has 1 unspecified atom stereocenters. The number of nitrogens with zero attached hydrogens (tertiary/aromatic N) is 2. The molecule has 0 aromatic carbocycles. The zero-order valence-electron chi connectivity index (χ0n) is 12.7. The van der Waals surface area contributed by atoms with Crippen molar-refractivity contribution in [1.29, 1.82) is 0 Å². The summed E-state index contributed by atoms with van der Waals surface area (Å²) in [7, 11) is 0. The molecule has 1 fully saturated rings. The molecule has 0 bridgehead atoms. The Morgan fingerprint density at radius 3 is 2.81 bits per heavy atom. The number of carbonyl (C=O) groups excluding carboxylic acids is 1. The lowest BCUT2D eigenvalue weighted by Crippen LogP contribution is -2.30. The maximum absolute atomic E-state index is 12.0. The summed E-state index contributed by atoms with van der Waals surface area (Å²) >= 11 is 0. The van der Waals surface area contributed by atoms with Crippen LogP contribution < -0.4 is 5.32 Å². The van der Waals surface area contributed by atoms with E-state index >= 15 is 0 Å². The Balaban J connectivity index is 1.79. The summed E-state index contributed by atoms with van der Waals surface area (Å²) in [4.78, 5) is 22.5. The fourth-order valence-corrected chi connectivity index (χ4v) is 3.08. The molecule has 21 heavy (non-hydrogen) atoms. The van der Waals surface area contributed by atoms with Gasteiger partial charge in [0.2, 0.25) is 5.91 Å². The molecule has 0 aromatic rings. The van der Waals surface area contributed by atoms with Gasteiger partial charge < -0.3 is 10.4 Å². The predicted molar refractivity (Wildman–Crippen MR) is 80.1 cm³/mol. The normalized spacial score (nSPS) is 21.3. The lowest BCUT2D eigenvalue weighted by atomic mass is 9.87. The molecule has 0 spiro atoms. The second-order valence-corrected chi connectivity index (χ2v) is 6.16. The van der Waals surface area contributed by atoms with E-state index in [1.807, 2.05) is 6.92 Å². The predicted octanol–water partition coefficient (Wildman–Crippen LogP) is 2.45. The minimum atomic E-state index is -1.04. The van der Waals surface area contributed by atoms with Crippen molar-refractivity contribution in [3.05, 3.63) is 0 Å². The average molecular weight is 295 g/mol. The molecule has 2 N–H and O–H groups in total. The van der Waals surface area contributed by atoms with Gasteiger partial charge in [0.15, 0.2) is 0 Å². The molecule has 1 aliphatic carbocycles. The van der Waals surface area contributed by atoms with Gasteiger partial charge in [0.25, 0.3) is 0 Å². The van der Waals surface area contributed by atoms with E-state index < -0.39 is 6.09 Å². The Labute approximate surface area is 125 Å². The van der Waals surface area contributed by atoms with Crippen LogP contribution in [-0.4, -0.2) is 40.9 Å². The van der Waals surface area contributed by atoms with Gasteiger partial charge in [-0.05, 0) is 12.3 Å². The second kappa shape index (κ2) is 7.43. The highest BCUT2D eigenvalue weighted by molar-refractivity contribution is 6.06. The van der Waals surface area contributed by atoms with Crippen LogP contribution >= 0.6 is 0 Å². The van der Waals surface area contributed by atoms with Crippen molar-refractivity contribution in [3.63, 3.8) is 0 Å². The van der Waals surface area contributed by atoms with Crippen LogP contribution in [0.25, 0.3) is 0 Å². The summed E-state index contributed by atoms with van der Waals surface area (Å²) in [6, 6.07) is 0. The minimum absolute atomic E-state index is 0.0373. The molecule has 1 saturated carbocycles. The molecular weight excluding hydrogens is 270 g/mol. The van der Waals surface area contributed by atoms with Crippen molar-refractivity contribution in [2.24, 2.45) is 16.9 Å². The maximum atomic E-state index is 12.0. The quantitative estimate of drug-likeness (QED) is 0.789. The third-order valence-corrected chi connectivity index (χ3v) is 4.47. The number of hydrogen-bond donors (Lipinski definition) is 2. The van der Waals surface area contributed by atoms with Crippen LogP contribution in [0.3, 0.4) is 0 Å². The van der Waals surface area contributed by atoms with Crippen LogP contribution in [0.1, 0.15) is 51.9 Å². The second-order valence-electron chi connectivity index (χ2n) is 6.16. The first-order valence-corrected chi connectivity index (χ1v) is 7.90. The molecule has 0 saturated heterocycles. The van der Waals surface area contributed by atoms with Crippen LogP contribution in [0.2, 0.25) is 0 Å². The zero-order valence-corrected chi connectivity index (χ0v) is 12.7. The number of carboxylic acid groups (broad SMARTS) is 1. The van der Waals surface area contributed by atoms with Crippen molar-refractivity contribution >= 4 is 17.7 Å². The van der Waals surface area contributed by atoms with Crippen molar-refractivity contribution < 1.29 is 14.7 Å². The van der Waals surface area contributed by atoms with Crippen molar-refractivity contribution in [3.8, 4) is 0 Å². The van der Waals surface area contributed by atoms with E-state index in [1.165, 1.54) is 32.1 Å². The van der Waals surface area contributed by atoms with Crippen LogP contribution in [0.15, 0.2) is 5.10 Å². The summed E-state index contributed by atoms with van der Waals surface area (Å²) < 4.78 is 0. The van der Waals surface area contributed by atoms with Gasteiger partial charge in [-0.2, -0.15) is 5.10 Å². The van der Waals surface area contributed by atoms with E-state index in [1.54, 1.807) is 5.01 Å². The summed E-state index contributed by atoms with van der Waals surface area (Å²) in [6.45, 7) is 2.90. The highest BCUT2D eigenvalue weighted by atomic mass is 16.4. The number of rotatable bonds is 6. The van der Waals surface area contributed by atoms with E-state index in [4.69, 9.17) is 5.11 Å². The largest absolute Gasteiger partial charge is 0.465 e. The molecule has 6 nitrogen and oxygen atoms in total. The summed E-state index contributed by atoms with van der Waals surface area (Å²) in [5.41, 5.74) is 0.789. The number of hydrazone groups is 1. The first-order valence-electron chi connectivity index (χ1n) is 7.90. The molecule has 1 aliphatic heterocycles. The fraction of sp³-hybridized carbons (Fsp3) is 0.800. The minimum Gasteiger partial charge on any atom is -0.465 e. The summed E-state index contributed by atoms with van der Waals surface area (Å²) in [5.74, 6) is 0.740. The molecule has 2 rings (SSSR count). The standard InChI is InChI=1S/C15H25N3O3/c1-11(10-16-15(20)21)13-9-14(19)18(17-13)8-7-12-5-3-2-4-6-12/h11-12,16H,2-10H2,1H3,(H,20,21). The van der Waals surface area contributed by atoms with E-state index in [0.717, 1.165) is 18.1 Å². The SMILES string of the molecule is CC(CNC(=O)O)C1=NN(CCC2CCCCC2)C(=O)C1. The first-order chi connectivity index (χ1) is 10.1. The Kier molecular flexibility index (Phi) is 5.59. The van der Waals surface area contributed by atoms with Gasteiger partial charge >= 0.3 is 6.09 Å². The van der Waals surface area contributed by atoms with E-state index in [9.17, 15) is 9.59 Å². The molecule has 2 amide bonds. The van der Waals surface area contributed by atoms with Gasteiger partial charge in [0.1, 0.15) is 0 Å². The molecule has 6 heteroatoms. The van der Waals surface area contributed by atoms with Gasteiger partial charge in [0, 0.05) is 19.0 Å². The van der Waals surface area contributed by atoms with Gasteiger partial charge in [-0.15, -0.1) is 0 Å². The fourth-order valence-electron chi connectivity index (χ4n) is 3.08. The number of nitrogens with one attached hydrogen (secondary N) is 1. The summed E-state index contributed by atoms with van der Waals surface area (Å²) in [5, 5.41) is 16.9. The zero-order chi connectivity index (χ0) is 15.2. The van der Waals surface area contributed by atoms with Crippen molar-refractivity contribution in [2.45, 2.75) is 51.9 Å². The van der Waals surface area contributed by atoms with Crippen LogP contribution in [0, 0.1) is 11.8 Å². The lowest BCUT2D eigenvalue weighted by molar-refractivity contribution is -0.128. The first kappa shape index (κ1) is 15.8. The Morgan fingerprint density at radius 1 is 1.43 bits per heavy atom. The van der Waals surface area contributed by atoms with Gasteiger partial charge in [-0.3, -0.25) is 4.79 Å². The molecular formula is C15H25N3O3. The molecule has 1 atom stereocenters. The van der Waals surface area contributed by atoms with E-state index in [-0.39, 0.29) is 11.8 Å². The Hall–Kier alpha value is -1.59. The number of amides is 2. The topological polar surface area (TPSA) is 82.0 Å². The van der Waals surface area contributed by atoms with E-state index in [2.05, 4.69) is 10.4 Å². The number of carbonyl (C=O) groups is 2. The average Bonchev–Trinajstić information content (AvgIpc) is 2.85. The van der Waals surface area contributed by atoms with Gasteiger partial charge in [0.05, 0.1) is 12.1 Å². The van der Waals surface area contributed by atoms with Crippen molar-refractivity contribution in [1.82, 2.24) is 10.3 Å². The van der Waals surface area contributed by atoms with Crippen LogP contribution in [-0.2, 0) is 4.79 Å². The highest BCUT2D eigenvalue weighted by Gasteiger charge is 2.27. The van der Waals surface area contributed by atoms with Gasteiger partial charge in [-0.1, -0.05) is 39.0 Å². The van der Waals surface area contributed by atoms with Crippen LogP contribution in [0.5, 0.6) is 0 Å². The molecule has 118 valence electrons. The Bertz CT molecular complexity index is 416. The smallest absolute Gasteiger partial charge is 0.404 e. The van der Waals surface area contributed by atoms with Crippen molar-refractivity contribution in [2.75, 3.05) is 13.1 Å². The lowest BCUT2D eigenvalue weighted by Gasteiger charge is -2.23. The molecule has 0 radical (unpaired) electrons. The van der Waals surface area contributed by atoms with E-state index in [0.29, 0.717) is 19.5 Å². The maximum Gasteiger partial charge on any atom is 0.404 e. The third-order valence-electron chi connectivity index (χ3n) is 4.47. The number of hydrogen-bond acceptors (Lipinski definition) is 3. The highest BCUT2D eigenvalue weighted by Crippen LogP contribution is 2.27. The molecule has 1 heterocycles. The third kappa shape index (κ3) is 4.72. The molecule has 0 aromatic heterocycles. The van der Waals surface area contributed by atoms with Gasteiger partial charge in [-0.25, -0.2) is 9.80 Å². The molecule has 2 aliphatic rings. The monoisotopic (exact) mass is 295 g/mol. The van der Waals surface area contributed by atoms with Crippen LogP contribution in [0.4, 0.5) is 4.79 Å². The Morgan fingerprint density at radius 2 is 2.14 bits per heavy atom.